The van der Waals surface area contributed by atoms with Crippen LogP contribution in [-0.2, 0) is 22.5 Å². The minimum Gasteiger partial charge on any atom is -0.660 e. The Morgan fingerprint density at radius 3 is 1.52 bits per heavy atom. The fourth-order valence-electron chi connectivity index (χ4n) is 11.7. The van der Waals surface area contributed by atoms with Crippen LogP contribution in [0.25, 0.3) is 5.57 Å². The Morgan fingerprint density at radius 2 is 1.05 bits per heavy atom. The second kappa shape index (κ2) is 10.4. The van der Waals surface area contributed by atoms with Crippen molar-refractivity contribution in [2.75, 3.05) is 0 Å². The van der Waals surface area contributed by atoms with Gasteiger partial charge in [-0.25, -0.2) is 22.0 Å². The zero-order valence-corrected chi connectivity index (χ0v) is 26.0. The van der Waals surface area contributed by atoms with Gasteiger partial charge in [0.15, 0.2) is 23.3 Å². The van der Waals surface area contributed by atoms with E-state index in [4.69, 9.17) is 9.98 Å². The molecule has 0 spiro atoms. The predicted molar refractivity (Wildman–Crippen MR) is 155 cm³/mol. The van der Waals surface area contributed by atoms with Crippen LogP contribution in [0.3, 0.4) is 0 Å². The second-order valence-electron chi connectivity index (χ2n) is 15.1. The summed E-state index contributed by atoms with van der Waals surface area (Å²) in [6, 6.07) is 3.64. The monoisotopic (exact) mass is 648 g/mol. The molecule has 8 fully saturated rings. The first kappa shape index (κ1) is 30.5. The Balaban J connectivity index is 0.00000156. The quantitative estimate of drug-likeness (QED) is 0.107. The van der Waals surface area contributed by atoms with Gasteiger partial charge < -0.3 is 12.4 Å². The molecule has 2 nitrogen and oxygen atoms in total. The van der Waals surface area contributed by atoms with E-state index >= 15 is 8.78 Å². The van der Waals surface area contributed by atoms with Crippen molar-refractivity contribution in [2.45, 2.75) is 82.5 Å². The topological polar surface area (TPSA) is 26.5 Å². The van der Waals surface area contributed by atoms with Crippen molar-refractivity contribution in [1.29, 1.82) is 0 Å². The summed E-state index contributed by atoms with van der Waals surface area (Å²) in [4.78, 5) is 9.94. The molecule has 44 heavy (non-hydrogen) atoms. The maximum atomic E-state index is 15.5. The number of aromatic nitrogens is 1. The molecule has 8 bridgehead atoms. The number of aliphatic imine (C=N–C) groups is 1. The van der Waals surface area contributed by atoms with Gasteiger partial charge in [-0.1, -0.05) is 12.1 Å². The maximum Gasteiger partial charge on any atom is 2.00 e. The van der Waals surface area contributed by atoms with Crippen molar-refractivity contribution in [3.63, 3.8) is 0 Å². The summed E-state index contributed by atoms with van der Waals surface area (Å²) in [5.41, 5.74) is 1.08. The Morgan fingerprint density at radius 1 is 0.614 bits per heavy atom. The Bertz CT molecular complexity index is 1520. The molecule has 2 heterocycles. The zero-order valence-electron chi connectivity index (χ0n) is 24.9. The van der Waals surface area contributed by atoms with E-state index in [1.165, 1.54) is 38.5 Å². The molecule has 1 aliphatic heterocycles. The molecule has 8 saturated carbocycles. The summed E-state index contributed by atoms with van der Waals surface area (Å²) in [6.07, 6.45) is 17.5. The van der Waals surface area contributed by atoms with Gasteiger partial charge in [-0.3, -0.25) is 4.99 Å². The molecule has 0 N–H and O–H groups in total. The molecule has 1 aromatic carbocycles. The van der Waals surface area contributed by atoms with Crippen LogP contribution in [0.2, 0.25) is 0 Å². The number of halogens is 5. The van der Waals surface area contributed by atoms with E-state index in [0.717, 1.165) is 49.9 Å². The van der Waals surface area contributed by atoms with Crippen molar-refractivity contribution in [3.05, 3.63) is 83.4 Å². The van der Waals surface area contributed by atoms with Gasteiger partial charge in [-0.05, 0) is 136 Å². The first-order valence-corrected chi connectivity index (χ1v) is 15.9. The van der Waals surface area contributed by atoms with E-state index < -0.39 is 34.6 Å². The molecule has 0 saturated heterocycles. The van der Waals surface area contributed by atoms with Crippen LogP contribution in [0.15, 0.2) is 35.0 Å². The van der Waals surface area contributed by atoms with Crippen LogP contribution < -0.4 is 4.98 Å². The normalized spacial score (nSPS) is 38.5. The van der Waals surface area contributed by atoms with E-state index in [1.807, 2.05) is 12.1 Å². The summed E-state index contributed by atoms with van der Waals surface area (Å²) in [5.74, 6) is -5.65. The molecule has 9 aliphatic rings. The van der Waals surface area contributed by atoms with Crippen LogP contribution in [0.1, 0.15) is 94.0 Å². The minimum absolute atomic E-state index is 0. The fraction of sp³-hybridized carbons (Fsp3) is 0.556. The van der Waals surface area contributed by atoms with E-state index in [-0.39, 0.29) is 52.3 Å². The third-order valence-corrected chi connectivity index (χ3v) is 12.4. The van der Waals surface area contributed by atoms with Gasteiger partial charge >= 0.3 is 17.1 Å². The molecule has 0 amide bonds. The number of benzene rings is 1. The summed E-state index contributed by atoms with van der Waals surface area (Å²) < 4.78 is 74.3. The average Bonchev–Trinajstić information content (AvgIpc) is 3.63. The second-order valence-corrected chi connectivity index (χ2v) is 15.1. The molecular formula is C36H37F5FeN2. The maximum absolute atomic E-state index is 15.5. The minimum atomic E-state index is -2.15. The molecular weight excluding hydrogens is 611 g/mol. The van der Waals surface area contributed by atoms with E-state index in [9.17, 15) is 13.2 Å². The van der Waals surface area contributed by atoms with Crippen molar-refractivity contribution < 1.29 is 39.0 Å². The molecule has 8 aliphatic carbocycles. The smallest absolute Gasteiger partial charge is 0.660 e. The number of nitrogens with zero attached hydrogens (tertiary/aromatic N) is 2. The van der Waals surface area contributed by atoms with Gasteiger partial charge in [0.1, 0.15) is 0 Å². The number of allylic oxidation sites excluding steroid dienone is 2. The van der Waals surface area contributed by atoms with E-state index in [0.29, 0.717) is 35.5 Å². The van der Waals surface area contributed by atoms with Gasteiger partial charge in [0.25, 0.3) is 0 Å². The standard InChI is InChI=1S/C35H34F5N2.CH3.Fe/c36-29-28(30(37)32(39)33(40)31(29)38)27(23-1-3-25(41-23)34-11-17-5-18(12-34)7-19(6-17)13-34)24-2-4-26(42-24)35-14-20-8-21(15-35)10-22(9-20)16-35;;/h1-4,17-22H,5-16H2;1H3;/q2*-1;+2. The third-order valence-electron chi connectivity index (χ3n) is 12.4. The Hall–Kier alpha value is -2.18. The van der Waals surface area contributed by atoms with Gasteiger partial charge in [0.2, 0.25) is 5.82 Å². The van der Waals surface area contributed by atoms with Crippen LogP contribution in [0, 0.1) is 77.4 Å². The Kier molecular flexibility index (Phi) is 7.22. The predicted octanol–water partition coefficient (Wildman–Crippen LogP) is 9.24. The van der Waals surface area contributed by atoms with E-state index in [2.05, 4.69) is 0 Å². The van der Waals surface area contributed by atoms with Crippen LogP contribution in [0.5, 0.6) is 0 Å². The summed E-state index contributed by atoms with van der Waals surface area (Å²) in [5, 5.41) is 0. The molecule has 0 atom stereocenters. The van der Waals surface area contributed by atoms with Gasteiger partial charge in [-0.15, -0.1) is 5.69 Å². The van der Waals surface area contributed by atoms with Crippen LogP contribution in [0.4, 0.5) is 22.0 Å². The molecule has 1 aromatic heterocycles. The van der Waals surface area contributed by atoms with Gasteiger partial charge in [0, 0.05) is 11.1 Å². The first-order chi connectivity index (χ1) is 20.2. The fourth-order valence-corrected chi connectivity index (χ4v) is 11.7. The molecule has 0 radical (unpaired) electrons. The number of hydrogen-bond donors (Lipinski definition) is 0. The van der Waals surface area contributed by atoms with Crippen molar-refractivity contribution in [3.8, 4) is 0 Å². The van der Waals surface area contributed by atoms with Gasteiger partial charge in [0.05, 0.1) is 11.3 Å². The largest absolute Gasteiger partial charge is 2.00 e. The molecule has 234 valence electrons. The van der Waals surface area contributed by atoms with Crippen molar-refractivity contribution in [2.24, 2.45) is 45.9 Å². The number of hydrogen-bond acceptors (Lipinski definition) is 1. The Labute approximate surface area is 266 Å². The SMILES string of the molecule is Fc1c(F)c(F)c(C(=C2C=CC(C34CC5CC(CC(C5)C3)C4)=N2)c2ccc(C34CC5CC(CC(C5)C3)C4)[n-]2)c(F)c1F.[CH3-].[Fe+2]. The first-order valence-electron chi connectivity index (χ1n) is 15.9. The van der Waals surface area contributed by atoms with Crippen molar-refractivity contribution in [1.82, 2.24) is 4.98 Å². The van der Waals surface area contributed by atoms with E-state index in [1.54, 1.807) is 12.1 Å². The number of rotatable bonds is 4. The molecule has 8 heteroatoms. The zero-order chi connectivity index (χ0) is 28.5. The molecule has 11 rings (SSSR count). The average molecular weight is 649 g/mol. The van der Waals surface area contributed by atoms with Gasteiger partial charge in [-0.2, -0.15) is 5.69 Å². The third kappa shape index (κ3) is 4.32. The molecule has 2 aromatic rings. The van der Waals surface area contributed by atoms with Crippen LogP contribution >= 0.6 is 0 Å². The summed E-state index contributed by atoms with van der Waals surface area (Å²) in [6.45, 7) is 0. The van der Waals surface area contributed by atoms with Crippen LogP contribution in [-0.4, -0.2) is 5.71 Å². The molecule has 0 unspecified atom stereocenters. The summed E-state index contributed by atoms with van der Waals surface area (Å²) >= 11 is 0. The van der Waals surface area contributed by atoms with Crippen molar-refractivity contribution >= 4 is 11.3 Å². The summed E-state index contributed by atoms with van der Waals surface area (Å²) in [7, 11) is 0.